The van der Waals surface area contributed by atoms with Gasteiger partial charge in [-0.25, -0.2) is 0 Å². The number of benzene rings is 5. The molecular formula is C48H45IrN3-2. The molecule has 2 aliphatic carbocycles. The number of para-hydroxylation sites is 1. The molecule has 2 fully saturated rings. The van der Waals surface area contributed by atoms with Crippen molar-refractivity contribution in [3.05, 3.63) is 163 Å². The van der Waals surface area contributed by atoms with Crippen molar-refractivity contribution in [1.82, 2.24) is 14.8 Å². The largest absolute Gasteiger partial charge is 0.304 e. The third-order valence-corrected chi connectivity index (χ3v) is 10.9. The maximum Gasteiger partial charge on any atom is 0.0571 e. The molecule has 2 heterocycles. The first-order chi connectivity index (χ1) is 25.3. The number of hydrogen-bond donors (Lipinski definition) is 0. The molecule has 4 heteroatoms. The summed E-state index contributed by atoms with van der Waals surface area (Å²) in [5, 5.41) is 6.84. The van der Waals surface area contributed by atoms with Gasteiger partial charge in [-0.1, -0.05) is 117 Å². The van der Waals surface area contributed by atoms with Crippen LogP contribution in [0.3, 0.4) is 0 Å². The standard InChI is InChI=1S/C27H24N.C21H21N2.Ir/c1-2-7-20(8-3-1)21-13-15-22(16-14-21)23-11-6-12-25(17-23)27-18-24-9-4-5-10-26(24)19-28-27;1-3-7-17(8-4-1)18-11-13-19(14-12-18)20-15-22-23(16-20)21-9-5-2-6-10-21;/h4-6,9-11,13-20H,1-3,7-8H2;2,5-6,9,11-17H,1,3-4,7-8H2;/q2*-1;. The van der Waals surface area contributed by atoms with Crippen LogP contribution in [0.1, 0.15) is 87.2 Å². The van der Waals surface area contributed by atoms with Crippen molar-refractivity contribution in [2.75, 3.05) is 0 Å². The predicted octanol–water partition coefficient (Wildman–Crippen LogP) is 12.8. The first kappa shape index (κ1) is 35.8. The molecule has 2 aliphatic rings. The maximum atomic E-state index is 4.66. The van der Waals surface area contributed by atoms with Gasteiger partial charge in [0.25, 0.3) is 0 Å². The topological polar surface area (TPSA) is 30.7 Å². The minimum Gasteiger partial charge on any atom is -0.304 e. The monoisotopic (exact) mass is 856 g/mol. The Morgan fingerprint density at radius 1 is 0.519 bits per heavy atom. The molecule has 0 atom stereocenters. The van der Waals surface area contributed by atoms with Gasteiger partial charge < -0.3 is 4.98 Å². The quantitative estimate of drug-likeness (QED) is 0.156. The third-order valence-electron chi connectivity index (χ3n) is 10.9. The van der Waals surface area contributed by atoms with Gasteiger partial charge in [0.1, 0.15) is 0 Å². The van der Waals surface area contributed by atoms with Crippen molar-refractivity contribution in [2.24, 2.45) is 0 Å². The van der Waals surface area contributed by atoms with Crippen LogP contribution in [0.15, 0.2) is 140 Å². The van der Waals surface area contributed by atoms with Gasteiger partial charge in [0.2, 0.25) is 0 Å². The summed E-state index contributed by atoms with van der Waals surface area (Å²) in [5.74, 6) is 1.52. The molecule has 5 aromatic carbocycles. The van der Waals surface area contributed by atoms with E-state index >= 15 is 0 Å². The Balaban J connectivity index is 0.000000162. The average Bonchev–Trinajstić information content (AvgIpc) is 3.73. The molecule has 0 spiro atoms. The molecule has 7 aromatic rings. The minimum atomic E-state index is 0. The maximum absolute atomic E-state index is 4.66. The molecule has 0 N–H and O–H groups in total. The fourth-order valence-electron chi connectivity index (χ4n) is 7.92. The first-order valence-corrected chi connectivity index (χ1v) is 18.9. The zero-order chi connectivity index (χ0) is 34.2. The SMILES string of the molecule is [Ir].[c-]1ccc(-c2ccc(C3CCCCC3)cc2)cc1-c1cc2ccccc2cn1.[c-]1ccccc1-n1cc(-c2ccc(C3CCCCC3)cc2)cn1. The summed E-state index contributed by atoms with van der Waals surface area (Å²) in [6.07, 6.45) is 19.7. The number of hydrogen-bond acceptors (Lipinski definition) is 2. The van der Waals surface area contributed by atoms with Crippen molar-refractivity contribution in [3.63, 3.8) is 0 Å². The zero-order valence-electron chi connectivity index (χ0n) is 29.7. The van der Waals surface area contributed by atoms with Gasteiger partial charge in [0, 0.05) is 38.1 Å². The Labute approximate surface area is 322 Å². The summed E-state index contributed by atoms with van der Waals surface area (Å²) < 4.78 is 1.88. The Hall–Kier alpha value is -4.63. The molecule has 3 nitrogen and oxygen atoms in total. The van der Waals surface area contributed by atoms with Crippen LogP contribution >= 0.6 is 0 Å². The van der Waals surface area contributed by atoms with Crippen LogP contribution in [0.2, 0.25) is 0 Å². The molecule has 0 amide bonds. The summed E-state index contributed by atoms with van der Waals surface area (Å²) in [6.45, 7) is 0. The number of fused-ring (bicyclic) bond motifs is 1. The van der Waals surface area contributed by atoms with Crippen LogP contribution in [0, 0.1) is 12.1 Å². The van der Waals surface area contributed by atoms with E-state index in [-0.39, 0.29) is 20.1 Å². The number of rotatable bonds is 6. The summed E-state index contributed by atoms with van der Waals surface area (Å²) in [5.41, 5.74) is 10.8. The van der Waals surface area contributed by atoms with E-state index in [2.05, 4.69) is 113 Å². The van der Waals surface area contributed by atoms with E-state index in [1.165, 1.54) is 103 Å². The van der Waals surface area contributed by atoms with Crippen LogP contribution in [0.25, 0.3) is 50.0 Å². The second-order valence-corrected chi connectivity index (χ2v) is 14.2. The van der Waals surface area contributed by atoms with E-state index < -0.39 is 0 Å². The predicted molar refractivity (Wildman–Crippen MR) is 211 cm³/mol. The van der Waals surface area contributed by atoms with Crippen LogP contribution in [0.4, 0.5) is 0 Å². The van der Waals surface area contributed by atoms with Crippen LogP contribution in [-0.2, 0) is 20.1 Å². The normalized spacial score (nSPS) is 15.0. The summed E-state index contributed by atoms with van der Waals surface area (Å²) in [7, 11) is 0. The Kier molecular flexibility index (Phi) is 11.9. The fraction of sp³-hybridized carbons (Fsp3) is 0.250. The van der Waals surface area contributed by atoms with Gasteiger partial charge in [-0.2, -0.15) is 29.4 Å². The molecule has 52 heavy (non-hydrogen) atoms. The van der Waals surface area contributed by atoms with E-state index in [4.69, 9.17) is 0 Å². The van der Waals surface area contributed by atoms with E-state index in [9.17, 15) is 0 Å². The minimum absolute atomic E-state index is 0. The van der Waals surface area contributed by atoms with E-state index in [1.807, 2.05) is 53.5 Å². The van der Waals surface area contributed by atoms with Crippen LogP contribution < -0.4 is 0 Å². The molecule has 0 aliphatic heterocycles. The molecule has 263 valence electrons. The number of nitrogens with zero attached hydrogens (tertiary/aromatic N) is 3. The van der Waals surface area contributed by atoms with Crippen molar-refractivity contribution >= 4 is 10.8 Å². The molecular weight excluding hydrogens is 811 g/mol. The van der Waals surface area contributed by atoms with Crippen molar-refractivity contribution < 1.29 is 20.1 Å². The smallest absolute Gasteiger partial charge is 0.0571 e. The summed E-state index contributed by atoms with van der Waals surface area (Å²) >= 11 is 0. The van der Waals surface area contributed by atoms with E-state index in [0.29, 0.717) is 0 Å². The average molecular weight is 856 g/mol. The second-order valence-electron chi connectivity index (χ2n) is 14.2. The van der Waals surface area contributed by atoms with Crippen molar-refractivity contribution in [3.8, 4) is 39.2 Å². The Bertz CT molecular complexity index is 2160. The molecule has 1 radical (unpaired) electrons. The van der Waals surface area contributed by atoms with Gasteiger partial charge in [-0.3, -0.25) is 4.68 Å². The van der Waals surface area contributed by atoms with Gasteiger partial charge in [0.15, 0.2) is 0 Å². The molecule has 9 rings (SSSR count). The molecule has 0 saturated heterocycles. The Morgan fingerprint density at radius 3 is 1.77 bits per heavy atom. The fourth-order valence-corrected chi connectivity index (χ4v) is 7.92. The van der Waals surface area contributed by atoms with Gasteiger partial charge in [-0.05, 0) is 81.9 Å². The van der Waals surface area contributed by atoms with Gasteiger partial charge >= 0.3 is 0 Å². The van der Waals surface area contributed by atoms with Crippen molar-refractivity contribution in [1.29, 1.82) is 0 Å². The molecule has 0 unspecified atom stereocenters. The molecule has 2 saturated carbocycles. The van der Waals surface area contributed by atoms with E-state index in [0.717, 1.165) is 34.3 Å². The van der Waals surface area contributed by atoms with Gasteiger partial charge in [0.05, 0.1) is 6.20 Å². The zero-order valence-corrected chi connectivity index (χ0v) is 32.1. The summed E-state index contributed by atoms with van der Waals surface area (Å²) in [4.78, 5) is 4.66. The molecule has 2 aromatic heterocycles. The molecule has 0 bridgehead atoms. The Morgan fingerprint density at radius 2 is 1.13 bits per heavy atom. The number of aromatic nitrogens is 3. The second kappa shape index (κ2) is 17.3. The first-order valence-electron chi connectivity index (χ1n) is 18.9. The number of pyridine rings is 1. The summed E-state index contributed by atoms with van der Waals surface area (Å²) in [6, 6.07) is 49.6. The van der Waals surface area contributed by atoms with Gasteiger partial charge in [-0.15, -0.1) is 41.5 Å². The third kappa shape index (κ3) is 8.52. The van der Waals surface area contributed by atoms with E-state index in [1.54, 1.807) is 0 Å². The van der Waals surface area contributed by atoms with Crippen molar-refractivity contribution in [2.45, 2.75) is 76.0 Å². The van der Waals surface area contributed by atoms with Crippen LogP contribution in [0.5, 0.6) is 0 Å². The van der Waals surface area contributed by atoms with Crippen LogP contribution in [-0.4, -0.2) is 14.8 Å².